The first kappa shape index (κ1) is 17.1. The Bertz CT molecular complexity index is 761. The van der Waals surface area contributed by atoms with Crippen LogP contribution in [0.5, 0.6) is 0 Å². The zero-order valence-electron chi connectivity index (χ0n) is 13.9. The van der Waals surface area contributed by atoms with Crippen molar-refractivity contribution in [1.82, 2.24) is 10.2 Å². The van der Waals surface area contributed by atoms with Crippen LogP contribution in [0.2, 0.25) is 0 Å². The lowest BCUT2D eigenvalue weighted by atomic mass is 9.86. The van der Waals surface area contributed by atoms with Gasteiger partial charge in [0.1, 0.15) is 6.54 Å². The number of carbonyl (C=O) groups is 3. The van der Waals surface area contributed by atoms with Gasteiger partial charge in [-0.1, -0.05) is 19.8 Å². The highest BCUT2D eigenvalue weighted by molar-refractivity contribution is 6.22. The van der Waals surface area contributed by atoms with Gasteiger partial charge in [0.05, 0.1) is 16.1 Å². The van der Waals surface area contributed by atoms with Crippen LogP contribution in [0.25, 0.3) is 0 Å². The fourth-order valence-corrected chi connectivity index (χ4v) is 3.46. The Morgan fingerprint density at radius 3 is 2.60 bits per heavy atom. The zero-order chi connectivity index (χ0) is 18.1. The van der Waals surface area contributed by atoms with Gasteiger partial charge in [0.15, 0.2) is 0 Å². The van der Waals surface area contributed by atoms with E-state index in [1.807, 2.05) is 0 Å². The Morgan fingerprint density at radius 1 is 1.24 bits per heavy atom. The van der Waals surface area contributed by atoms with Crippen molar-refractivity contribution in [3.63, 3.8) is 0 Å². The number of imide groups is 1. The normalized spacial score (nSPS) is 22.7. The van der Waals surface area contributed by atoms with Crippen LogP contribution in [0.15, 0.2) is 18.2 Å². The molecule has 132 valence electrons. The third kappa shape index (κ3) is 3.24. The number of amides is 3. The lowest BCUT2D eigenvalue weighted by Crippen LogP contribution is -2.46. The highest BCUT2D eigenvalue weighted by Gasteiger charge is 2.38. The van der Waals surface area contributed by atoms with Crippen LogP contribution in [0.4, 0.5) is 5.69 Å². The second-order valence-electron chi connectivity index (χ2n) is 6.62. The largest absolute Gasteiger partial charge is 0.352 e. The molecule has 2 atom stereocenters. The molecule has 8 nitrogen and oxygen atoms in total. The van der Waals surface area contributed by atoms with Gasteiger partial charge in [-0.2, -0.15) is 0 Å². The van der Waals surface area contributed by atoms with Crippen LogP contribution < -0.4 is 5.32 Å². The van der Waals surface area contributed by atoms with E-state index in [0.717, 1.165) is 36.6 Å². The molecule has 1 aliphatic heterocycles. The molecule has 1 saturated carbocycles. The molecule has 3 amide bonds. The molecule has 0 aromatic heterocycles. The van der Waals surface area contributed by atoms with E-state index in [9.17, 15) is 24.5 Å². The van der Waals surface area contributed by atoms with Crippen molar-refractivity contribution in [1.29, 1.82) is 0 Å². The number of carbonyl (C=O) groups excluding carboxylic acids is 3. The van der Waals surface area contributed by atoms with Crippen LogP contribution in [0.1, 0.15) is 53.3 Å². The number of rotatable bonds is 4. The SMILES string of the molecule is CC1CCCCC1NC(=O)CN1C(=O)c2ccc([N+](=O)[O-])cc2C1=O. The summed E-state index contributed by atoms with van der Waals surface area (Å²) >= 11 is 0. The molecule has 3 rings (SSSR count). The highest BCUT2D eigenvalue weighted by Crippen LogP contribution is 2.27. The predicted molar refractivity (Wildman–Crippen MR) is 88.0 cm³/mol. The van der Waals surface area contributed by atoms with E-state index < -0.39 is 16.7 Å². The lowest BCUT2D eigenvalue weighted by Gasteiger charge is -2.30. The molecule has 1 aliphatic carbocycles. The number of benzene rings is 1. The molecule has 0 bridgehead atoms. The summed E-state index contributed by atoms with van der Waals surface area (Å²) in [5.41, 5.74) is -0.199. The van der Waals surface area contributed by atoms with E-state index in [2.05, 4.69) is 12.2 Å². The zero-order valence-corrected chi connectivity index (χ0v) is 13.9. The van der Waals surface area contributed by atoms with Crippen LogP contribution >= 0.6 is 0 Å². The van der Waals surface area contributed by atoms with Crippen LogP contribution in [-0.2, 0) is 4.79 Å². The minimum atomic E-state index is -0.671. The van der Waals surface area contributed by atoms with Gasteiger partial charge < -0.3 is 5.32 Å². The van der Waals surface area contributed by atoms with Gasteiger partial charge in [-0.05, 0) is 24.8 Å². The summed E-state index contributed by atoms with van der Waals surface area (Å²) in [7, 11) is 0. The van der Waals surface area contributed by atoms with Crippen molar-refractivity contribution in [2.45, 2.75) is 38.6 Å². The topological polar surface area (TPSA) is 110 Å². The maximum Gasteiger partial charge on any atom is 0.270 e. The molecule has 0 saturated heterocycles. The first-order valence-electron chi connectivity index (χ1n) is 8.32. The Balaban J connectivity index is 1.71. The van der Waals surface area contributed by atoms with E-state index >= 15 is 0 Å². The van der Waals surface area contributed by atoms with Crippen molar-refractivity contribution >= 4 is 23.4 Å². The molecule has 8 heteroatoms. The first-order valence-corrected chi connectivity index (χ1v) is 8.32. The Hall–Kier alpha value is -2.77. The third-order valence-corrected chi connectivity index (χ3v) is 4.92. The van der Waals surface area contributed by atoms with Crippen LogP contribution in [0, 0.1) is 16.0 Å². The number of non-ortho nitro benzene ring substituents is 1. The van der Waals surface area contributed by atoms with Gasteiger partial charge in [-0.25, -0.2) is 0 Å². The first-order chi connectivity index (χ1) is 11.9. The van der Waals surface area contributed by atoms with Gasteiger partial charge in [0, 0.05) is 18.2 Å². The molecular formula is C17H19N3O5. The number of nitro groups is 1. The van der Waals surface area contributed by atoms with E-state index in [1.54, 1.807) is 0 Å². The van der Waals surface area contributed by atoms with Gasteiger partial charge in [0.25, 0.3) is 17.5 Å². The third-order valence-electron chi connectivity index (χ3n) is 4.92. The molecule has 1 fully saturated rings. The average molecular weight is 345 g/mol. The fraction of sp³-hybridized carbons (Fsp3) is 0.471. The smallest absolute Gasteiger partial charge is 0.270 e. The van der Waals surface area contributed by atoms with Crippen molar-refractivity contribution in [2.75, 3.05) is 6.54 Å². The summed E-state index contributed by atoms with van der Waals surface area (Å²) < 4.78 is 0. The fourth-order valence-electron chi connectivity index (χ4n) is 3.46. The van der Waals surface area contributed by atoms with Crippen molar-refractivity contribution in [3.05, 3.63) is 39.4 Å². The Kier molecular flexibility index (Phi) is 4.52. The number of nitrogens with zero attached hydrogens (tertiary/aromatic N) is 2. The lowest BCUT2D eigenvalue weighted by molar-refractivity contribution is -0.384. The van der Waals surface area contributed by atoms with Gasteiger partial charge in [-0.15, -0.1) is 0 Å². The quantitative estimate of drug-likeness (QED) is 0.509. The highest BCUT2D eigenvalue weighted by atomic mass is 16.6. The molecule has 2 aliphatic rings. The van der Waals surface area contributed by atoms with E-state index in [4.69, 9.17) is 0 Å². The Labute approximate surface area is 144 Å². The number of hydrogen-bond acceptors (Lipinski definition) is 5. The molecule has 1 aromatic rings. The number of nitro benzene ring substituents is 1. The molecule has 1 heterocycles. The number of fused-ring (bicyclic) bond motifs is 1. The molecule has 0 radical (unpaired) electrons. The standard InChI is InChI=1S/C17H19N3O5/c1-10-4-2-3-5-14(10)18-15(21)9-19-16(22)12-7-6-11(20(24)25)8-13(12)17(19)23/h6-8,10,14H,2-5,9H2,1H3,(H,18,21). The molecule has 2 unspecified atom stereocenters. The van der Waals surface area contributed by atoms with Gasteiger partial charge in [-0.3, -0.25) is 29.4 Å². The summed E-state index contributed by atoms with van der Waals surface area (Å²) in [4.78, 5) is 48.0. The Morgan fingerprint density at radius 2 is 1.92 bits per heavy atom. The van der Waals surface area contributed by atoms with E-state index in [0.29, 0.717) is 5.92 Å². The van der Waals surface area contributed by atoms with Crippen LogP contribution in [0.3, 0.4) is 0 Å². The van der Waals surface area contributed by atoms with Gasteiger partial charge >= 0.3 is 0 Å². The maximum atomic E-state index is 12.4. The summed E-state index contributed by atoms with van der Waals surface area (Å²) in [5, 5.41) is 13.7. The minimum absolute atomic E-state index is 0.0296. The summed E-state index contributed by atoms with van der Waals surface area (Å²) in [6.45, 7) is 1.70. The molecule has 0 spiro atoms. The molecule has 25 heavy (non-hydrogen) atoms. The van der Waals surface area contributed by atoms with E-state index in [1.165, 1.54) is 12.1 Å². The summed E-state index contributed by atoms with van der Waals surface area (Å²) in [6.07, 6.45) is 4.12. The molecule has 1 N–H and O–H groups in total. The van der Waals surface area contributed by atoms with Crippen molar-refractivity contribution < 1.29 is 19.3 Å². The number of nitrogens with one attached hydrogen (secondary N) is 1. The monoisotopic (exact) mass is 345 g/mol. The second-order valence-corrected chi connectivity index (χ2v) is 6.62. The maximum absolute atomic E-state index is 12.4. The summed E-state index contributed by atoms with van der Waals surface area (Å²) in [5.74, 6) is -1.29. The van der Waals surface area contributed by atoms with Crippen molar-refractivity contribution in [3.8, 4) is 0 Å². The average Bonchev–Trinajstić information content (AvgIpc) is 2.81. The van der Waals surface area contributed by atoms with Gasteiger partial charge in [0.2, 0.25) is 5.91 Å². The predicted octanol–water partition coefficient (Wildman–Crippen LogP) is 1.89. The number of hydrogen-bond donors (Lipinski definition) is 1. The van der Waals surface area contributed by atoms with E-state index in [-0.39, 0.29) is 35.3 Å². The minimum Gasteiger partial charge on any atom is -0.352 e. The molecular weight excluding hydrogens is 326 g/mol. The summed E-state index contributed by atoms with van der Waals surface area (Å²) in [6, 6.07) is 3.57. The van der Waals surface area contributed by atoms with Crippen molar-refractivity contribution in [2.24, 2.45) is 5.92 Å². The van der Waals surface area contributed by atoms with Crippen LogP contribution in [-0.4, -0.2) is 40.1 Å². The second kappa shape index (κ2) is 6.62. The molecule has 1 aromatic carbocycles.